The molecule has 0 unspecified atom stereocenters. The normalized spacial score (nSPS) is 18.0. The molecule has 3 heteroatoms. The fraction of sp³-hybridized carbons (Fsp3) is 0.308. The van der Waals surface area contributed by atoms with Crippen LogP contribution in [0.5, 0.6) is 11.5 Å². The number of rotatable bonds is 1. The minimum absolute atomic E-state index is 0.328. The van der Waals surface area contributed by atoms with Gasteiger partial charge in [-0.2, -0.15) is 0 Å². The van der Waals surface area contributed by atoms with Crippen molar-refractivity contribution in [2.45, 2.75) is 18.8 Å². The van der Waals surface area contributed by atoms with E-state index in [1.807, 2.05) is 18.3 Å². The van der Waals surface area contributed by atoms with Gasteiger partial charge in [0.25, 0.3) is 0 Å². The molecule has 80 valence electrons. The van der Waals surface area contributed by atoms with Crippen LogP contribution in [0.2, 0.25) is 0 Å². The first kappa shape index (κ1) is 8.39. The van der Waals surface area contributed by atoms with Gasteiger partial charge in [0.05, 0.1) is 0 Å². The van der Waals surface area contributed by atoms with Crippen LogP contribution in [-0.2, 0) is 0 Å². The van der Waals surface area contributed by atoms with Gasteiger partial charge in [-0.3, -0.25) is 4.98 Å². The Morgan fingerprint density at radius 1 is 1.00 bits per heavy atom. The van der Waals surface area contributed by atoms with Crippen molar-refractivity contribution in [2.75, 3.05) is 6.79 Å². The van der Waals surface area contributed by atoms with Crippen LogP contribution in [0.4, 0.5) is 0 Å². The number of ether oxygens (including phenoxy) is 2. The molecule has 0 atom stereocenters. The molecule has 0 radical (unpaired) electrons. The van der Waals surface area contributed by atoms with Crippen LogP contribution in [-0.4, -0.2) is 11.8 Å². The maximum atomic E-state index is 5.38. The second-order valence-electron chi connectivity index (χ2n) is 4.44. The summed E-state index contributed by atoms with van der Waals surface area (Å²) in [5.74, 6) is 2.36. The van der Waals surface area contributed by atoms with E-state index >= 15 is 0 Å². The van der Waals surface area contributed by atoms with Crippen molar-refractivity contribution in [3.05, 3.63) is 30.1 Å². The van der Waals surface area contributed by atoms with Crippen molar-refractivity contribution >= 4 is 10.8 Å². The Bertz CT molecular complexity index is 575. The van der Waals surface area contributed by atoms with E-state index in [-0.39, 0.29) is 0 Å². The second-order valence-corrected chi connectivity index (χ2v) is 4.44. The van der Waals surface area contributed by atoms with Gasteiger partial charge in [0, 0.05) is 23.2 Å². The van der Waals surface area contributed by atoms with E-state index in [2.05, 4.69) is 11.1 Å². The molecule has 1 fully saturated rings. The van der Waals surface area contributed by atoms with Crippen LogP contribution in [0.1, 0.15) is 24.5 Å². The topological polar surface area (TPSA) is 31.4 Å². The van der Waals surface area contributed by atoms with Gasteiger partial charge >= 0.3 is 0 Å². The summed E-state index contributed by atoms with van der Waals surface area (Å²) < 4.78 is 10.7. The van der Waals surface area contributed by atoms with Crippen molar-refractivity contribution in [2.24, 2.45) is 0 Å². The monoisotopic (exact) mass is 213 g/mol. The number of hydrogen-bond donors (Lipinski definition) is 0. The Balaban J connectivity index is 1.93. The molecule has 3 nitrogen and oxygen atoms in total. The predicted molar refractivity (Wildman–Crippen MR) is 59.8 cm³/mol. The standard InChI is InChI=1S/C13H11NO2/c1-2-8(1)11-3-9-4-12-13(16-7-15-12)5-10(9)6-14-11/h3-6,8H,1-2,7H2. The fourth-order valence-electron chi connectivity index (χ4n) is 2.15. The lowest BCUT2D eigenvalue weighted by Crippen LogP contribution is -1.92. The molecule has 0 bridgehead atoms. The van der Waals surface area contributed by atoms with Crippen LogP contribution in [0.15, 0.2) is 24.4 Å². The minimum atomic E-state index is 0.328. The first-order valence-corrected chi connectivity index (χ1v) is 5.59. The highest BCUT2D eigenvalue weighted by Crippen LogP contribution is 2.41. The molecular weight excluding hydrogens is 202 g/mol. The van der Waals surface area contributed by atoms with Crippen molar-refractivity contribution in [3.63, 3.8) is 0 Å². The maximum Gasteiger partial charge on any atom is 0.231 e. The molecule has 1 aromatic carbocycles. The van der Waals surface area contributed by atoms with Gasteiger partial charge < -0.3 is 9.47 Å². The molecule has 2 aliphatic rings. The molecule has 1 saturated carbocycles. The van der Waals surface area contributed by atoms with E-state index < -0.39 is 0 Å². The highest BCUT2D eigenvalue weighted by atomic mass is 16.7. The highest BCUT2D eigenvalue weighted by Gasteiger charge is 2.25. The van der Waals surface area contributed by atoms with E-state index in [0.29, 0.717) is 12.7 Å². The highest BCUT2D eigenvalue weighted by molar-refractivity contribution is 5.86. The zero-order valence-corrected chi connectivity index (χ0v) is 8.77. The van der Waals surface area contributed by atoms with Crippen LogP contribution in [0.3, 0.4) is 0 Å². The largest absolute Gasteiger partial charge is 0.454 e. The van der Waals surface area contributed by atoms with Crippen LogP contribution in [0, 0.1) is 0 Å². The molecule has 0 N–H and O–H groups in total. The number of nitrogens with zero attached hydrogens (tertiary/aromatic N) is 1. The average Bonchev–Trinajstić information content (AvgIpc) is 3.06. The van der Waals surface area contributed by atoms with Crippen molar-refractivity contribution in [3.8, 4) is 11.5 Å². The van der Waals surface area contributed by atoms with Crippen molar-refractivity contribution < 1.29 is 9.47 Å². The Hall–Kier alpha value is -1.77. The Morgan fingerprint density at radius 3 is 2.50 bits per heavy atom. The number of hydrogen-bond acceptors (Lipinski definition) is 3. The Morgan fingerprint density at radius 2 is 1.75 bits per heavy atom. The van der Waals surface area contributed by atoms with E-state index in [1.165, 1.54) is 23.9 Å². The van der Waals surface area contributed by atoms with Crippen LogP contribution < -0.4 is 9.47 Å². The quantitative estimate of drug-likeness (QED) is 0.729. The molecule has 0 spiro atoms. The first-order valence-electron chi connectivity index (χ1n) is 5.59. The summed E-state index contributed by atoms with van der Waals surface area (Å²) in [5.41, 5.74) is 1.21. The Labute approximate surface area is 93.0 Å². The zero-order valence-electron chi connectivity index (χ0n) is 8.77. The van der Waals surface area contributed by atoms with Crippen molar-refractivity contribution in [1.29, 1.82) is 0 Å². The Kier molecular flexibility index (Phi) is 1.51. The smallest absolute Gasteiger partial charge is 0.231 e. The first-order chi connectivity index (χ1) is 7.90. The minimum Gasteiger partial charge on any atom is -0.454 e. The molecule has 16 heavy (non-hydrogen) atoms. The summed E-state index contributed by atoms with van der Waals surface area (Å²) in [6, 6.07) is 6.22. The van der Waals surface area contributed by atoms with Crippen LogP contribution >= 0.6 is 0 Å². The van der Waals surface area contributed by atoms with E-state index in [0.717, 1.165) is 16.9 Å². The third-order valence-corrected chi connectivity index (χ3v) is 3.23. The van der Waals surface area contributed by atoms with Gasteiger partial charge in [0.15, 0.2) is 11.5 Å². The zero-order chi connectivity index (χ0) is 10.5. The molecule has 1 aliphatic carbocycles. The third kappa shape index (κ3) is 1.18. The molecule has 2 heterocycles. The van der Waals surface area contributed by atoms with Gasteiger partial charge in [0.2, 0.25) is 6.79 Å². The molecule has 1 aliphatic heterocycles. The molecular formula is C13H11NO2. The van der Waals surface area contributed by atoms with Gasteiger partial charge in [-0.15, -0.1) is 0 Å². The summed E-state index contributed by atoms with van der Waals surface area (Å²) >= 11 is 0. The van der Waals surface area contributed by atoms with Crippen LogP contribution in [0.25, 0.3) is 10.8 Å². The summed E-state index contributed by atoms with van der Waals surface area (Å²) in [6.45, 7) is 0.328. The number of pyridine rings is 1. The van der Waals surface area contributed by atoms with Gasteiger partial charge in [-0.05, 0) is 36.4 Å². The second kappa shape index (κ2) is 2.88. The summed E-state index contributed by atoms with van der Waals surface area (Å²) in [6.07, 6.45) is 4.50. The molecule has 0 amide bonds. The maximum absolute atomic E-state index is 5.38. The number of fused-ring (bicyclic) bond motifs is 2. The van der Waals surface area contributed by atoms with E-state index in [1.54, 1.807) is 0 Å². The SMILES string of the molecule is c1nc(C2CC2)cc2cc3c(cc12)OCO3. The lowest BCUT2D eigenvalue weighted by Gasteiger charge is -2.03. The number of benzene rings is 1. The molecule has 4 rings (SSSR count). The van der Waals surface area contributed by atoms with Gasteiger partial charge in [0.1, 0.15) is 0 Å². The van der Waals surface area contributed by atoms with Gasteiger partial charge in [-0.1, -0.05) is 0 Å². The lowest BCUT2D eigenvalue weighted by molar-refractivity contribution is 0.174. The summed E-state index contributed by atoms with van der Waals surface area (Å²) in [5, 5.41) is 2.31. The fourth-order valence-corrected chi connectivity index (χ4v) is 2.15. The summed E-state index contributed by atoms with van der Waals surface area (Å²) in [7, 11) is 0. The molecule has 1 aromatic heterocycles. The summed E-state index contributed by atoms with van der Waals surface area (Å²) in [4.78, 5) is 4.50. The van der Waals surface area contributed by atoms with Gasteiger partial charge in [-0.25, -0.2) is 0 Å². The predicted octanol–water partition coefficient (Wildman–Crippen LogP) is 2.84. The number of aromatic nitrogens is 1. The van der Waals surface area contributed by atoms with E-state index in [9.17, 15) is 0 Å². The average molecular weight is 213 g/mol. The van der Waals surface area contributed by atoms with E-state index in [4.69, 9.17) is 9.47 Å². The third-order valence-electron chi connectivity index (χ3n) is 3.23. The lowest BCUT2D eigenvalue weighted by atomic mass is 10.1. The molecule has 2 aromatic rings. The van der Waals surface area contributed by atoms with Crippen molar-refractivity contribution in [1.82, 2.24) is 4.98 Å². The molecule has 0 saturated heterocycles.